The Kier molecular flexibility index (Phi) is 6.22. The monoisotopic (exact) mass is 460 g/mol. The van der Waals surface area contributed by atoms with Gasteiger partial charge in [0.15, 0.2) is 12.4 Å². The highest BCUT2D eigenvalue weighted by Crippen LogP contribution is 2.37. The summed E-state index contributed by atoms with van der Waals surface area (Å²) in [5.41, 5.74) is 8.39. The first-order valence-electron chi connectivity index (χ1n) is 10.1. The molecule has 1 aromatic carbocycles. The molecule has 0 radical (unpaired) electrons. The topological polar surface area (TPSA) is 124 Å². The lowest BCUT2D eigenvalue weighted by molar-refractivity contribution is -0.143. The maximum Gasteiger partial charge on any atom is 0.321 e. The van der Waals surface area contributed by atoms with Crippen molar-refractivity contribution < 1.29 is 17.9 Å². The average molecular weight is 461 g/mol. The van der Waals surface area contributed by atoms with Crippen LogP contribution in [-0.4, -0.2) is 30.9 Å². The molecule has 2 aromatic heterocycles. The van der Waals surface area contributed by atoms with Crippen LogP contribution in [0.15, 0.2) is 29.2 Å². The van der Waals surface area contributed by atoms with Crippen LogP contribution in [-0.2, 0) is 39.0 Å². The third kappa shape index (κ3) is 4.86. The molecule has 0 saturated carbocycles. The molecule has 8 nitrogen and oxygen atoms in total. The van der Waals surface area contributed by atoms with Crippen molar-refractivity contribution in [3.8, 4) is 0 Å². The molecular weight excluding hydrogens is 436 g/mol. The van der Waals surface area contributed by atoms with Gasteiger partial charge in [0, 0.05) is 4.88 Å². The second-order valence-electron chi connectivity index (χ2n) is 7.57. The van der Waals surface area contributed by atoms with Crippen LogP contribution < -0.4 is 10.5 Å². The summed E-state index contributed by atoms with van der Waals surface area (Å²) in [6, 6.07) is 6.35. The zero-order chi connectivity index (χ0) is 22.0. The van der Waals surface area contributed by atoms with E-state index in [0.29, 0.717) is 11.6 Å². The molecule has 10 heteroatoms. The number of aryl methyl sites for hydroxylation is 3. The molecule has 0 amide bonds. The minimum Gasteiger partial charge on any atom is -0.456 e. The molecule has 2 heterocycles. The van der Waals surface area contributed by atoms with Crippen molar-refractivity contribution in [3.05, 3.63) is 46.1 Å². The number of aromatic nitrogens is 2. The van der Waals surface area contributed by atoms with E-state index in [0.717, 1.165) is 41.5 Å². The normalized spacial score (nSPS) is 14.2. The summed E-state index contributed by atoms with van der Waals surface area (Å²) in [5.74, 6) is -0.0217. The number of nitrogen functional groups attached to an aromatic ring is 1. The fraction of sp³-hybridized carbons (Fsp3) is 0.381. The number of esters is 1. The summed E-state index contributed by atoms with van der Waals surface area (Å²) >= 11 is 1.62. The fourth-order valence-electron chi connectivity index (χ4n) is 3.62. The van der Waals surface area contributed by atoms with E-state index in [1.54, 1.807) is 23.5 Å². The Balaban J connectivity index is 1.39. The number of hydrogen-bond acceptors (Lipinski definition) is 8. The molecule has 0 fully saturated rings. The molecule has 3 N–H and O–H groups in total. The Morgan fingerprint density at radius 1 is 1.16 bits per heavy atom. The van der Waals surface area contributed by atoms with Crippen LogP contribution in [0.1, 0.15) is 41.1 Å². The van der Waals surface area contributed by atoms with Crippen molar-refractivity contribution in [1.29, 1.82) is 0 Å². The number of carbonyl (C=O) groups is 1. The SMILES string of the molecule is Cc1ccc(S(=O)(=O)NCC(=O)OCc2nc(N)c3c4c(sc3n2)CCCCC4)cc1. The number of thiophene rings is 1. The lowest BCUT2D eigenvalue weighted by Crippen LogP contribution is -2.30. The number of carbonyl (C=O) groups excluding carboxylic acids is 1. The highest BCUT2D eigenvalue weighted by atomic mass is 32.2. The predicted molar refractivity (Wildman–Crippen MR) is 119 cm³/mol. The predicted octanol–water partition coefficient (Wildman–Crippen LogP) is 2.87. The minimum absolute atomic E-state index is 0.0879. The molecular formula is C21H24N4O4S2. The van der Waals surface area contributed by atoms with Crippen LogP contribution in [0, 0.1) is 6.92 Å². The van der Waals surface area contributed by atoms with E-state index in [9.17, 15) is 13.2 Å². The number of nitrogens with two attached hydrogens (primary N) is 1. The first-order chi connectivity index (χ1) is 14.8. The number of nitrogens with one attached hydrogen (secondary N) is 1. The quantitative estimate of drug-likeness (QED) is 0.428. The van der Waals surface area contributed by atoms with Crippen molar-refractivity contribution >= 4 is 43.4 Å². The molecule has 4 rings (SSSR count). The summed E-state index contributed by atoms with van der Waals surface area (Å²) in [6.07, 6.45) is 5.53. The molecule has 0 aliphatic heterocycles. The lowest BCUT2D eigenvalue weighted by Gasteiger charge is -2.08. The maximum absolute atomic E-state index is 12.3. The molecule has 164 valence electrons. The van der Waals surface area contributed by atoms with E-state index < -0.39 is 22.5 Å². The molecule has 0 atom stereocenters. The van der Waals surface area contributed by atoms with Gasteiger partial charge in [-0.15, -0.1) is 11.3 Å². The number of fused-ring (bicyclic) bond motifs is 3. The van der Waals surface area contributed by atoms with Gasteiger partial charge >= 0.3 is 5.97 Å². The standard InChI is InChI=1S/C21H24N4O4S2/c1-13-7-9-14(10-8-13)31(27,28)23-11-18(26)29-12-17-24-20(22)19-15-5-3-2-4-6-16(15)30-21(19)25-17/h7-10,23H,2-6,11-12H2,1H3,(H2,22,24,25). The van der Waals surface area contributed by atoms with Gasteiger partial charge in [-0.3, -0.25) is 4.79 Å². The second-order valence-corrected chi connectivity index (χ2v) is 10.4. The maximum atomic E-state index is 12.3. The van der Waals surface area contributed by atoms with Gasteiger partial charge in [-0.1, -0.05) is 24.1 Å². The highest BCUT2D eigenvalue weighted by Gasteiger charge is 2.20. The molecule has 1 aliphatic rings. The van der Waals surface area contributed by atoms with Crippen LogP contribution in [0.5, 0.6) is 0 Å². The van der Waals surface area contributed by atoms with Crippen LogP contribution in [0.2, 0.25) is 0 Å². The molecule has 31 heavy (non-hydrogen) atoms. The third-order valence-electron chi connectivity index (χ3n) is 5.24. The zero-order valence-corrected chi connectivity index (χ0v) is 18.8. The number of benzene rings is 1. The van der Waals surface area contributed by atoms with Gasteiger partial charge in [-0.25, -0.2) is 18.4 Å². The van der Waals surface area contributed by atoms with Gasteiger partial charge in [-0.2, -0.15) is 4.72 Å². The summed E-state index contributed by atoms with van der Waals surface area (Å²) in [6.45, 7) is 1.20. The van der Waals surface area contributed by atoms with Crippen molar-refractivity contribution in [2.45, 2.75) is 50.5 Å². The molecule has 3 aromatic rings. The van der Waals surface area contributed by atoms with Gasteiger partial charge in [0.25, 0.3) is 0 Å². The van der Waals surface area contributed by atoms with Gasteiger partial charge in [-0.05, 0) is 50.3 Å². The third-order valence-corrected chi connectivity index (χ3v) is 7.84. The Morgan fingerprint density at radius 3 is 2.68 bits per heavy atom. The highest BCUT2D eigenvalue weighted by molar-refractivity contribution is 7.89. The Hall–Kier alpha value is -2.56. The van der Waals surface area contributed by atoms with E-state index in [1.165, 1.54) is 29.0 Å². The van der Waals surface area contributed by atoms with Crippen LogP contribution in [0.4, 0.5) is 5.82 Å². The number of sulfonamides is 1. The van der Waals surface area contributed by atoms with E-state index in [4.69, 9.17) is 10.5 Å². The minimum atomic E-state index is -3.80. The zero-order valence-electron chi connectivity index (χ0n) is 17.2. The van der Waals surface area contributed by atoms with Crippen molar-refractivity contribution in [2.24, 2.45) is 0 Å². The van der Waals surface area contributed by atoms with E-state index >= 15 is 0 Å². The van der Waals surface area contributed by atoms with Crippen LogP contribution in [0.25, 0.3) is 10.2 Å². The number of rotatable bonds is 6. The fourth-order valence-corrected chi connectivity index (χ4v) is 5.88. The number of ether oxygens (including phenoxy) is 1. The Bertz CT molecular complexity index is 1220. The number of nitrogens with zero attached hydrogens (tertiary/aromatic N) is 2. The Labute approximate surface area is 184 Å². The van der Waals surface area contributed by atoms with E-state index in [-0.39, 0.29) is 11.5 Å². The molecule has 0 bridgehead atoms. The summed E-state index contributed by atoms with van der Waals surface area (Å²) < 4.78 is 32.0. The van der Waals surface area contributed by atoms with E-state index in [1.807, 2.05) is 6.92 Å². The summed E-state index contributed by atoms with van der Waals surface area (Å²) in [5, 5.41) is 0.919. The first-order valence-corrected chi connectivity index (χ1v) is 12.4. The number of hydrogen-bond donors (Lipinski definition) is 2. The van der Waals surface area contributed by atoms with Crippen molar-refractivity contribution in [2.75, 3.05) is 12.3 Å². The van der Waals surface area contributed by atoms with Gasteiger partial charge in [0.05, 0.1) is 10.3 Å². The van der Waals surface area contributed by atoms with Gasteiger partial charge in [0.1, 0.15) is 17.2 Å². The lowest BCUT2D eigenvalue weighted by atomic mass is 10.1. The summed E-state index contributed by atoms with van der Waals surface area (Å²) in [7, 11) is -3.80. The van der Waals surface area contributed by atoms with Gasteiger partial charge < -0.3 is 10.5 Å². The van der Waals surface area contributed by atoms with Crippen LogP contribution >= 0.6 is 11.3 Å². The van der Waals surface area contributed by atoms with E-state index in [2.05, 4.69) is 14.7 Å². The van der Waals surface area contributed by atoms with Crippen molar-refractivity contribution in [3.63, 3.8) is 0 Å². The smallest absolute Gasteiger partial charge is 0.321 e. The molecule has 0 unspecified atom stereocenters. The van der Waals surface area contributed by atoms with Crippen LogP contribution in [0.3, 0.4) is 0 Å². The second kappa shape index (κ2) is 8.89. The summed E-state index contributed by atoms with van der Waals surface area (Å²) in [4.78, 5) is 23.1. The Morgan fingerprint density at radius 2 is 1.90 bits per heavy atom. The largest absolute Gasteiger partial charge is 0.456 e. The molecule has 0 spiro atoms. The van der Waals surface area contributed by atoms with Crippen molar-refractivity contribution in [1.82, 2.24) is 14.7 Å². The molecule has 0 saturated heterocycles. The average Bonchev–Trinajstić information content (AvgIpc) is 2.93. The number of anilines is 1. The van der Waals surface area contributed by atoms with Gasteiger partial charge in [0.2, 0.25) is 10.0 Å². The molecule has 1 aliphatic carbocycles. The first kappa shape index (κ1) is 21.7.